The number of hydrogen-bond acceptors (Lipinski definition) is 5. The Bertz CT molecular complexity index is 826. The van der Waals surface area contributed by atoms with Gasteiger partial charge in [0.05, 0.1) is 28.2 Å². The Morgan fingerprint density at radius 1 is 1.23 bits per heavy atom. The Hall–Kier alpha value is -2.68. The molecule has 26 heavy (non-hydrogen) atoms. The molecule has 1 N–H and O–H groups in total. The zero-order valence-electron chi connectivity index (χ0n) is 13.6. The lowest BCUT2D eigenvalue weighted by Crippen LogP contribution is -2.30. The highest BCUT2D eigenvalue weighted by atomic mass is 35.5. The minimum absolute atomic E-state index is 0.0886. The van der Waals surface area contributed by atoms with Crippen LogP contribution in [0.4, 0.5) is 18.9 Å². The van der Waals surface area contributed by atoms with E-state index in [1.807, 2.05) is 0 Å². The van der Waals surface area contributed by atoms with E-state index < -0.39 is 29.7 Å². The smallest absolute Gasteiger partial charge is 0.416 e. The van der Waals surface area contributed by atoms with E-state index in [0.29, 0.717) is 11.8 Å². The van der Waals surface area contributed by atoms with Gasteiger partial charge in [-0.05, 0) is 32.0 Å². The molecule has 2 rings (SSSR count). The largest absolute Gasteiger partial charge is 0.448 e. The summed E-state index contributed by atoms with van der Waals surface area (Å²) in [6.45, 7) is 2.94. The molecule has 0 spiro atoms. The number of halogens is 4. The molecule has 6 nitrogen and oxygen atoms in total. The van der Waals surface area contributed by atoms with Crippen molar-refractivity contribution in [3.05, 3.63) is 52.6 Å². The van der Waals surface area contributed by atoms with Gasteiger partial charge < -0.3 is 10.1 Å². The summed E-state index contributed by atoms with van der Waals surface area (Å²) in [5.74, 6) is -1.74. The Morgan fingerprint density at radius 3 is 2.50 bits per heavy atom. The van der Waals surface area contributed by atoms with Gasteiger partial charge in [-0.15, -0.1) is 0 Å². The van der Waals surface area contributed by atoms with Crippen molar-refractivity contribution in [3.63, 3.8) is 0 Å². The van der Waals surface area contributed by atoms with Gasteiger partial charge in [0, 0.05) is 6.20 Å². The molecule has 1 heterocycles. The average Bonchev–Trinajstić information content (AvgIpc) is 2.56. The van der Waals surface area contributed by atoms with E-state index in [9.17, 15) is 22.8 Å². The number of anilines is 1. The third-order valence-corrected chi connectivity index (χ3v) is 3.52. The summed E-state index contributed by atoms with van der Waals surface area (Å²) in [6.07, 6.45) is -3.35. The number of carbonyl (C=O) groups is 2. The lowest BCUT2D eigenvalue weighted by atomic mass is 10.2. The van der Waals surface area contributed by atoms with Crippen molar-refractivity contribution < 1.29 is 27.5 Å². The van der Waals surface area contributed by atoms with Gasteiger partial charge in [-0.25, -0.2) is 9.78 Å². The van der Waals surface area contributed by atoms with Crippen LogP contribution in [0.15, 0.2) is 30.6 Å². The summed E-state index contributed by atoms with van der Waals surface area (Å²) < 4.78 is 43.2. The maximum absolute atomic E-state index is 12.7. The van der Waals surface area contributed by atoms with Gasteiger partial charge in [-0.3, -0.25) is 9.78 Å². The van der Waals surface area contributed by atoms with Crippen LogP contribution in [0, 0.1) is 6.92 Å². The maximum atomic E-state index is 12.7. The maximum Gasteiger partial charge on any atom is 0.416 e. The van der Waals surface area contributed by atoms with E-state index in [1.165, 1.54) is 19.3 Å². The van der Waals surface area contributed by atoms with Gasteiger partial charge >= 0.3 is 12.1 Å². The molecule has 2 aromatic rings. The number of alkyl halides is 3. The van der Waals surface area contributed by atoms with Crippen molar-refractivity contribution in [2.45, 2.75) is 26.1 Å². The van der Waals surface area contributed by atoms with Gasteiger partial charge in [0.2, 0.25) is 0 Å². The van der Waals surface area contributed by atoms with Crippen LogP contribution in [0.2, 0.25) is 5.02 Å². The molecule has 0 aliphatic rings. The number of hydrogen-bond donors (Lipinski definition) is 1. The van der Waals surface area contributed by atoms with E-state index in [1.54, 1.807) is 6.92 Å². The Labute approximate surface area is 151 Å². The second kappa shape index (κ2) is 7.69. The molecule has 0 bridgehead atoms. The lowest BCUT2D eigenvalue weighted by Gasteiger charge is -2.15. The fourth-order valence-electron chi connectivity index (χ4n) is 1.80. The van der Waals surface area contributed by atoms with Crippen molar-refractivity contribution in [1.29, 1.82) is 0 Å². The number of aryl methyl sites for hydroxylation is 1. The number of rotatable bonds is 4. The third kappa shape index (κ3) is 4.92. The van der Waals surface area contributed by atoms with E-state index in [-0.39, 0.29) is 16.4 Å². The summed E-state index contributed by atoms with van der Waals surface area (Å²) in [5.41, 5.74) is -0.736. The molecule has 0 fully saturated rings. The summed E-state index contributed by atoms with van der Waals surface area (Å²) in [6, 6.07) is 2.50. The molecule has 10 heteroatoms. The first kappa shape index (κ1) is 19.6. The average molecular weight is 388 g/mol. The number of ether oxygens (including phenoxy) is 1. The summed E-state index contributed by atoms with van der Waals surface area (Å²) in [5, 5.41) is 2.12. The zero-order chi connectivity index (χ0) is 19.5. The van der Waals surface area contributed by atoms with Gasteiger partial charge in [-0.1, -0.05) is 11.6 Å². The van der Waals surface area contributed by atoms with E-state index in [0.717, 1.165) is 12.1 Å². The first-order chi connectivity index (χ1) is 12.1. The molecule has 0 aliphatic carbocycles. The molecular formula is C16H13ClF3N3O3. The van der Waals surface area contributed by atoms with Gasteiger partial charge in [0.15, 0.2) is 11.8 Å². The number of aromatic nitrogens is 2. The number of benzene rings is 1. The van der Waals surface area contributed by atoms with Crippen LogP contribution >= 0.6 is 11.6 Å². The second-order valence-corrected chi connectivity index (χ2v) is 5.68. The van der Waals surface area contributed by atoms with Gasteiger partial charge in [0.25, 0.3) is 5.91 Å². The minimum atomic E-state index is -4.59. The Morgan fingerprint density at radius 2 is 1.92 bits per heavy atom. The number of nitrogens with one attached hydrogen (secondary N) is 1. The summed E-state index contributed by atoms with van der Waals surface area (Å²) >= 11 is 5.80. The number of amides is 1. The zero-order valence-corrected chi connectivity index (χ0v) is 14.4. The molecule has 1 aromatic carbocycles. The summed E-state index contributed by atoms with van der Waals surface area (Å²) in [4.78, 5) is 31.7. The van der Waals surface area contributed by atoms with E-state index >= 15 is 0 Å². The topological polar surface area (TPSA) is 81.2 Å². The summed E-state index contributed by atoms with van der Waals surface area (Å²) in [7, 11) is 0. The normalized spacial score (nSPS) is 12.4. The predicted molar refractivity (Wildman–Crippen MR) is 86.7 cm³/mol. The molecule has 1 amide bonds. The van der Waals surface area contributed by atoms with Gasteiger partial charge in [0.1, 0.15) is 0 Å². The van der Waals surface area contributed by atoms with Crippen molar-refractivity contribution in [3.8, 4) is 0 Å². The Balaban J connectivity index is 2.07. The van der Waals surface area contributed by atoms with Crippen LogP contribution in [-0.2, 0) is 15.7 Å². The van der Waals surface area contributed by atoms with Crippen molar-refractivity contribution in [2.24, 2.45) is 0 Å². The second-order valence-electron chi connectivity index (χ2n) is 5.27. The van der Waals surface area contributed by atoms with Crippen molar-refractivity contribution in [2.75, 3.05) is 5.32 Å². The highest BCUT2D eigenvalue weighted by molar-refractivity contribution is 6.33. The lowest BCUT2D eigenvalue weighted by molar-refractivity contribution is -0.137. The monoisotopic (exact) mass is 387 g/mol. The van der Waals surface area contributed by atoms with Crippen LogP contribution in [0.5, 0.6) is 0 Å². The molecular weight excluding hydrogens is 375 g/mol. The number of nitrogens with zero attached hydrogens (tertiary/aromatic N) is 2. The third-order valence-electron chi connectivity index (χ3n) is 3.19. The molecule has 0 aliphatic heterocycles. The van der Waals surface area contributed by atoms with Crippen LogP contribution in [0.25, 0.3) is 0 Å². The standard InChI is InChI=1S/C16H13ClF3N3O3/c1-8-6-22-13(7-21-8)15(25)26-9(2)14(24)23-12-5-10(16(18,19)20)3-4-11(12)17/h3-7,9H,1-2H3,(H,23,24)/t9-/m1/s1. The fourth-order valence-corrected chi connectivity index (χ4v) is 1.97. The highest BCUT2D eigenvalue weighted by Crippen LogP contribution is 2.33. The Kier molecular flexibility index (Phi) is 5.81. The predicted octanol–water partition coefficient (Wildman–Crippen LogP) is 3.64. The van der Waals surface area contributed by atoms with Crippen LogP contribution < -0.4 is 5.32 Å². The first-order valence-electron chi connectivity index (χ1n) is 7.25. The van der Waals surface area contributed by atoms with Crippen LogP contribution in [-0.4, -0.2) is 27.9 Å². The molecule has 0 saturated carbocycles. The van der Waals surface area contributed by atoms with Crippen molar-refractivity contribution in [1.82, 2.24) is 9.97 Å². The first-order valence-corrected chi connectivity index (χ1v) is 7.63. The molecule has 1 atom stereocenters. The highest BCUT2D eigenvalue weighted by Gasteiger charge is 2.31. The fraction of sp³-hybridized carbons (Fsp3) is 0.250. The van der Waals surface area contributed by atoms with Crippen LogP contribution in [0.1, 0.15) is 28.7 Å². The van der Waals surface area contributed by atoms with Gasteiger partial charge in [-0.2, -0.15) is 13.2 Å². The van der Waals surface area contributed by atoms with E-state index in [4.69, 9.17) is 16.3 Å². The van der Waals surface area contributed by atoms with E-state index in [2.05, 4.69) is 15.3 Å². The number of carbonyl (C=O) groups excluding carboxylic acids is 2. The quantitative estimate of drug-likeness (QED) is 0.810. The minimum Gasteiger partial charge on any atom is -0.448 e. The molecule has 138 valence electrons. The molecule has 0 saturated heterocycles. The SMILES string of the molecule is Cc1cnc(C(=O)O[C@H](C)C(=O)Nc2cc(C(F)(F)F)ccc2Cl)cn1. The molecule has 0 unspecified atom stereocenters. The van der Waals surface area contributed by atoms with Crippen molar-refractivity contribution >= 4 is 29.2 Å². The molecule has 1 aromatic heterocycles. The number of esters is 1. The van der Waals surface area contributed by atoms with Crippen LogP contribution in [0.3, 0.4) is 0 Å². The molecule has 0 radical (unpaired) electrons.